The fourth-order valence-electron chi connectivity index (χ4n) is 3.64. The molecule has 1 aromatic carbocycles. The molecule has 0 spiro atoms. The number of carbonyl (C=O) groups excluding carboxylic acids is 1. The molecule has 3 aromatic rings. The molecule has 1 amide bonds. The number of likely N-dealkylation sites (tertiary alicyclic amines) is 1. The fraction of sp³-hybridized carbons (Fsp3) is 0.227. The highest BCUT2D eigenvalue weighted by molar-refractivity contribution is 5.94. The second kappa shape index (κ2) is 7.58. The van der Waals surface area contributed by atoms with Crippen molar-refractivity contribution < 1.29 is 4.79 Å². The number of nitrogens with one attached hydrogen (secondary N) is 1. The van der Waals surface area contributed by atoms with Crippen LogP contribution < -0.4 is 5.56 Å². The molecule has 5 heteroatoms. The van der Waals surface area contributed by atoms with Gasteiger partial charge in [0, 0.05) is 18.4 Å². The van der Waals surface area contributed by atoms with Gasteiger partial charge < -0.3 is 9.88 Å². The van der Waals surface area contributed by atoms with E-state index in [9.17, 15) is 9.59 Å². The largest absolute Gasteiger partial charge is 0.330 e. The number of piperidine rings is 1. The highest BCUT2D eigenvalue weighted by Crippen LogP contribution is 2.30. The number of hydrogen-bond acceptors (Lipinski definition) is 3. The van der Waals surface area contributed by atoms with Gasteiger partial charge in [0.05, 0.1) is 11.7 Å². The van der Waals surface area contributed by atoms with Crippen LogP contribution in [-0.2, 0) is 0 Å². The van der Waals surface area contributed by atoms with Crippen LogP contribution in [0.2, 0.25) is 0 Å². The summed E-state index contributed by atoms with van der Waals surface area (Å²) in [6.45, 7) is 0.639. The molecule has 5 nitrogen and oxygen atoms in total. The van der Waals surface area contributed by atoms with Crippen LogP contribution in [0.25, 0.3) is 11.3 Å². The highest BCUT2D eigenvalue weighted by Gasteiger charge is 2.30. The second-order valence-electron chi connectivity index (χ2n) is 6.75. The Labute approximate surface area is 157 Å². The molecule has 1 aliphatic heterocycles. The topological polar surface area (TPSA) is 66.1 Å². The molecule has 3 heterocycles. The molecule has 0 bridgehead atoms. The molecule has 1 fully saturated rings. The molecule has 0 radical (unpaired) electrons. The van der Waals surface area contributed by atoms with E-state index in [0.717, 1.165) is 30.5 Å². The van der Waals surface area contributed by atoms with Crippen molar-refractivity contribution in [3.63, 3.8) is 0 Å². The van der Waals surface area contributed by atoms with Gasteiger partial charge in [0.1, 0.15) is 5.56 Å². The van der Waals surface area contributed by atoms with Gasteiger partial charge in [0.25, 0.3) is 11.5 Å². The molecule has 27 heavy (non-hydrogen) atoms. The zero-order valence-corrected chi connectivity index (χ0v) is 15.0. The normalized spacial score (nSPS) is 16.9. The Morgan fingerprint density at radius 1 is 1.00 bits per heavy atom. The number of rotatable bonds is 3. The molecule has 0 unspecified atom stereocenters. The standard InChI is InChI=1S/C22H21N3O2/c26-21-17(12-13-18(24-21)16-8-2-1-3-9-16)22(27)25-15-7-5-11-20(25)19-10-4-6-14-23-19/h1-4,6,8-10,12-14,20H,5,7,11,15H2,(H,24,26)/t20-/m0/s1. The van der Waals surface area contributed by atoms with Gasteiger partial charge in [-0.1, -0.05) is 36.4 Å². The van der Waals surface area contributed by atoms with E-state index in [1.54, 1.807) is 23.2 Å². The summed E-state index contributed by atoms with van der Waals surface area (Å²) in [7, 11) is 0. The van der Waals surface area contributed by atoms with Crippen LogP contribution >= 0.6 is 0 Å². The molecule has 136 valence electrons. The van der Waals surface area contributed by atoms with Crippen molar-refractivity contribution in [2.75, 3.05) is 6.54 Å². The third-order valence-electron chi connectivity index (χ3n) is 5.02. The van der Waals surface area contributed by atoms with E-state index >= 15 is 0 Å². The minimum absolute atomic E-state index is 0.0827. The van der Waals surface area contributed by atoms with Crippen LogP contribution in [0.5, 0.6) is 0 Å². The maximum Gasteiger partial charge on any atom is 0.261 e. The first kappa shape index (κ1) is 17.2. The summed E-state index contributed by atoms with van der Waals surface area (Å²) in [5.74, 6) is -0.230. The monoisotopic (exact) mass is 359 g/mol. The smallest absolute Gasteiger partial charge is 0.261 e. The number of nitrogens with zero attached hydrogens (tertiary/aromatic N) is 2. The number of aromatic nitrogens is 2. The third kappa shape index (κ3) is 3.53. The zero-order chi connectivity index (χ0) is 18.6. The Bertz CT molecular complexity index is 983. The van der Waals surface area contributed by atoms with Crippen LogP contribution in [0.15, 0.2) is 71.7 Å². The molecule has 0 aliphatic carbocycles. The SMILES string of the molecule is O=C(c1ccc(-c2ccccc2)[nH]c1=O)N1CCCC[C@H]1c1ccccn1. The maximum absolute atomic E-state index is 13.1. The Balaban J connectivity index is 1.64. The molecule has 2 aromatic heterocycles. The summed E-state index contributed by atoms with van der Waals surface area (Å²) >= 11 is 0. The number of H-pyrrole nitrogens is 1. The van der Waals surface area contributed by atoms with E-state index in [2.05, 4.69) is 9.97 Å². The van der Waals surface area contributed by atoms with Crippen molar-refractivity contribution in [1.29, 1.82) is 0 Å². The molecule has 4 rings (SSSR count). The van der Waals surface area contributed by atoms with Gasteiger partial charge in [-0.05, 0) is 49.1 Å². The third-order valence-corrected chi connectivity index (χ3v) is 5.02. The van der Waals surface area contributed by atoms with Gasteiger partial charge in [0.2, 0.25) is 0 Å². The summed E-state index contributed by atoms with van der Waals surface area (Å²) in [4.78, 5) is 34.8. The van der Waals surface area contributed by atoms with E-state index in [-0.39, 0.29) is 23.1 Å². The predicted molar refractivity (Wildman–Crippen MR) is 104 cm³/mol. The van der Waals surface area contributed by atoms with Crippen LogP contribution in [-0.4, -0.2) is 27.3 Å². The highest BCUT2D eigenvalue weighted by atomic mass is 16.2. The average Bonchev–Trinajstić information content (AvgIpc) is 2.74. The van der Waals surface area contributed by atoms with Crippen molar-refractivity contribution in [1.82, 2.24) is 14.9 Å². The van der Waals surface area contributed by atoms with Gasteiger partial charge in [0.15, 0.2) is 0 Å². The van der Waals surface area contributed by atoms with E-state index in [1.165, 1.54) is 0 Å². The van der Waals surface area contributed by atoms with Crippen molar-refractivity contribution in [2.45, 2.75) is 25.3 Å². The number of benzene rings is 1. The Hall–Kier alpha value is -3.21. The summed E-state index contributed by atoms with van der Waals surface area (Å²) in [6.07, 6.45) is 4.60. The van der Waals surface area contributed by atoms with Gasteiger partial charge in [-0.15, -0.1) is 0 Å². The lowest BCUT2D eigenvalue weighted by Gasteiger charge is -2.35. The van der Waals surface area contributed by atoms with Crippen LogP contribution in [0, 0.1) is 0 Å². The molecule has 0 saturated carbocycles. The predicted octanol–water partition coefficient (Wildman–Crippen LogP) is 3.80. The van der Waals surface area contributed by atoms with E-state index in [4.69, 9.17) is 0 Å². The maximum atomic E-state index is 13.1. The Kier molecular flexibility index (Phi) is 4.83. The zero-order valence-electron chi connectivity index (χ0n) is 15.0. The average molecular weight is 359 g/mol. The first-order valence-electron chi connectivity index (χ1n) is 9.25. The molecule has 1 N–H and O–H groups in total. The lowest BCUT2D eigenvalue weighted by Crippen LogP contribution is -2.41. The molecule has 1 atom stereocenters. The van der Waals surface area contributed by atoms with E-state index in [0.29, 0.717) is 12.2 Å². The second-order valence-corrected chi connectivity index (χ2v) is 6.75. The lowest BCUT2D eigenvalue weighted by atomic mass is 9.97. The summed E-state index contributed by atoms with van der Waals surface area (Å²) in [6, 6.07) is 18.7. The van der Waals surface area contributed by atoms with Crippen LogP contribution in [0.3, 0.4) is 0 Å². The van der Waals surface area contributed by atoms with Crippen molar-refractivity contribution >= 4 is 5.91 Å². The number of amides is 1. The van der Waals surface area contributed by atoms with Crippen molar-refractivity contribution in [2.24, 2.45) is 0 Å². The fourth-order valence-corrected chi connectivity index (χ4v) is 3.64. The minimum atomic E-state index is -0.355. The number of carbonyl (C=O) groups is 1. The first-order valence-corrected chi connectivity index (χ1v) is 9.25. The van der Waals surface area contributed by atoms with Crippen molar-refractivity contribution in [3.8, 4) is 11.3 Å². The lowest BCUT2D eigenvalue weighted by molar-refractivity contribution is 0.0604. The molecule has 1 aliphatic rings. The van der Waals surface area contributed by atoms with Gasteiger partial charge in [-0.3, -0.25) is 14.6 Å². The quantitative estimate of drug-likeness (QED) is 0.773. The number of hydrogen-bond donors (Lipinski definition) is 1. The summed E-state index contributed by atoms with van der Waals surface area (Å²) in [5, 5.41) is 0. The number of pyridine rings is 2. The van der Waals surface area contributed by atoms with Crippen LogP contribution in [0.1, 0.15) is 41.4 Å². The van der Waals surface area contributed by atoms with Crippen molar-refractivity contribution in [3.05, 3.63) is 88.5 Å². The first-order chi connectivity index (χ1) is 13.2. The Morgan fingerprint density at radius 2 is 1.81 bits per heavy atom. The summed E-state index contributed by atoms with van der Waals surface area (Å²) in [5.41, 5.74) is 2.32. The van der Waals surface area contributed by atoms with Gasteiger partial charge >= 0.3 is 0 Å². The van der Waals surface area contributed by atoms with E-state index in [1.807, 2.05) is 48.5 Å². The van der Waals surface area contributed by atoms with Gasteiger partial charge in [-0.25, -0.2) is 0 Å². The van der Waals surface area contributed by atoms with Crippen LogP contribution in [0.4, 0.5) is 0 Å². The number of aromatic amines is 1. The molecular weight excluding hydrogens is 338 g/mol. The molecule has 1 saturated heterocycles. The minimum Gasteiger partial charge on any atom is -0.330 e. The van der Waals surface area contributed by atoms with E-state index < -0.39 is 0 Å². The summed E-state index contributed by atoms with van der Waals surface area (Å²) < 4.78 is 0. The Morgan fingerprint density at radius 3 is 2.56 bits per heavy atom. The molecular formula is C22H21N3O2. The van der Waals surface area contributed by atoms with Gasteiger partial charge in [-0.2, -0.15) is 0 Å².